The zero-order valence-corrected chi connectivity index (χ0v) is 30.0. The summed E-state index contributed by atoms with van der Waals surface area (Å²) in [6, 6.07) is 62.9. The number of nitrogens with zero attached hydrogens (tertiary/aromatic N) is 1. The highest BCUT2D eigenvalue weighted by atomic mass is 16.3. The zero-order chi connectivity index (χ0) is 36.0. The molecule has 8 aromatic carbocycles. The van der Waals surface area contributed by atoms with Crippen LogP contribution >= 0.6 is 0 Å². The Balaban J connectivity index is 1.16. The summed E-state index contributed by atoms with van der Waals surface area (Å²) in [5, 5.41) is 4.19. The Hall–Kier alpha value is -6.84. The molecule has 1 aliphatic rings. The highest BCUT2D eigenvalue weighted by Crippen LogP contribution is 2.52. The molecular formula is C51H35NO2. The van der Waals surface area contributed by atoms with Gasteiger partial charge in [-0.05, 0) is 93.5 Å². The smallest absolute Gasteiger partial charge is 0.137 e. The van der Waals surface area contributed by atoms with E-state index in [0.29, 0.717) is 0 Å². The Labute approximate surface area is 313 Å². The van der Waals surface area contributed by atoms with Crippen molar-refractivity contribution in [3.63, 3.8) is 0 Å². The maximum Gasteiger partial charge on any atom is 0.137 e. The van der Waals surface area contributed by atoms with Gasteiger partial charge in [-0.15, -0.1) is 0 Å². The van der Waals surface area contributed by atoms with Crippen LogP contribution in [0.1, 0.15) is 25.0 Å². The summed E-state index contributed by atoms with van der Waals surface area (Å²) in [6.45, 7) is 4.69. The number of rotatable bonds is 5. The Bertz CT molecular complexity index is 3080. The Morgan fingerprint density at radius 1 is 0.389 bits per heavy atom. The SMILES string of the molecule is CC1(C)c2ccccc2-c2ccc(N(c3ccccc3-c3ccccc3)c3cccc4oc5cc6c(cc5c34)oc3cc(-c4ccccc4)ccc36)cc21. The fourth-order valence-electron chi connectivity index (χ4n) is 8.84. The lowest BCUT2D eigenvalue weighted by molar-refractivity contribution is 0.660. The molecule has 2 heterocycles. The largest absolute Gasteiger partial charge is 0.456 e. The molecule has 0 spiro atoms. The highest BCUT2D eigenvalue weighted by molar-refractivity contribution is 6.19. The molecule has 3 heteroatoms. The van der Waals surface area contributed by atoms with Gasteiger partial charge in [0.1, 0.15) is 22.3 Å². The summed E-state index contributed by atoms with van der Waals surface area (Å²) in [4.78, 5) is 2.42. The van der Waals surface area contributed by atoms with Crippen LogP contribution in [0.2, 0.25) is 0 Å². The third kappa shape index (κ3) is 4.55. The first-order valence-electron chi connectivity index (χ1n) is 18.6. The molecule has 0 aliphatic heterocycles. The van der Waals surface area contributed by atoms with Gasteiger partial charge >= 0.3 is 0 Å². The van der Waals surface area contributed by atoms with E-state index in [4.69, 9.17) is 8.83 Å². The first-order valence-corrected chi connectivity index (χ1v) is 18.6. The van der Waals surface area contributed by atoms with Gasteiger partial charge in [0, 0.05) is 32.8 Å². The van der Waals surface area contributed by atoms with E-state index in [0.717, 1.165) is 77.6 Å². The number of furan rings is 2. The summed E-state index contributed by atoms with van der Waals surface area (Å²) in [5.41, 5.74) is 16.4. The van der Waals surface area contributed by atoms with Crippen molar-refractivity contribution in [2.24, 2.45) is 0 Å². The minimum absolute atomic E-state index is 0.145. The Kier molecular flexibility index (Phi) is 6.60. The van der Waals surface area contributed by atoms with Crippen molar-refractivity contribution in [3.05, 3.63) is 187 Å². The number of hydrogen-bond donors (Lipinski definition) is 0. The molecule has 11 rings (SSSR count). The van der Waals surface area contributed by atoms with Gasteiger partial charge in [-0.25, -0.2) is 0 Å². The second-order valence-electron chi connectivity index (χ2n) is 14.9. The van der Waals surface area contributed by atoms with Gasteiger partial charge in [-0.2, -0.15) is 0 Å². The van der Waals surface area contributed by atoms with Crippen LogP contribution in [0.4, 0.5) is 17.1 Å². The lowest BCUT2D eigenvalue weighted by Crippen LogP contribution is -2.17. The molecule has 0 radical (unpaired) electrons. The predicted molar refractivity (Wildman–Crippen MR) is 224 cm³/mol. The molecule has 0 saturated heterocycles. The summed E-state index contributed by atoms with van der Waals surface area (Å²) >= 11 is 0. The lowest BCUT2D eigenvalue weighted by atomic mass is 9.82. The molecule has 1 aliphatic carbocycles. The van der Waals surface area contributed by atoms with Crippen molar-refractivity contribution >= 4 is 60.9 Å². The number of para-hydroxylation sites is 1. The monoisotopic (exact) mass is 693 g/mol. The van der Waals surface area contributed by atoms with Crippen LogP contribution in [0.3, 0.4) is 0 Å². The van der Waals surface area contributed by atoms with E-state index in [-0.39, 0.29) is 5.41 Å². The molecule has 2 aromatic heterocycles. The Morgan fingerprint density at radius 3 is 1.85 bits per heavy atom. The normalized spacial score (nSPS) is 13.1. The number of hydrogen-bond acceptors (Lipinski definition) is 3. The van der Waals surface area contributed by atoms with E-state index in [9.17, 15) is 0 Å². The average Bonchev–Trinajstić information content (AvgIpc) is 3.84. The van der Waals surface area contributed by atoms with Gasteiger partial charge < -0.3 is 13.7 Å². The predicted octanol–water partition coefficient (Wildman–Crippen LogP) is 14.6. The summed E-state index contributed by atoms with van der Waals surface area (Å²) < 4.78 is 13.4. The van der Waals surface area contributed by atoms with Crippen molar-refractivity contribution in [2.75, 3.05) is 4.90 Å². The van der Waals surface area contributed by atoms with Crippen LogP contribution < -0.4 is 4.90 Å². The first kappa shape index (κ1) is 30.8. The highest BCUT2D eigenvalue weighted by Gasteiger charge is 2.36. The van der Waals surface area contributed by atoms with E-state index in [1.54, 1.807) is 0 Å². The molecule has 3 nitrogen and oxygen atoms in total. The van der Waals surface area contributed by atoms with Crippen LogP contribution in [0.15, 0.2) is 185 Å². The van der Waals surface area contributed by atoms with E-state index in [2.05, 4.69) is 189 Å². The van der Waals surface area contributed by atoms with Crippen molar-refractivity contribution in [1.82, 2.24) is 0 Å². The van der Waals surface area contributed by atoms with Gasteiger partial charge in [0.15, 0.2) is 0 Å². The zero-order valence-electron chi connectivity index (χ0n) is 30.0. The molecule has 0 N–H and O–H groups in total. The van der Waals surface area contributed by atoms with Crippen LogP contribution in [0.5, 0.6) is 0 Å². The minimum Gasteiger partial charge on any atom is -0.456 e. The number of benzene rings is 8. The number of anilines is 3. The molecule has 256 valence electrons. The quantitative estimate of drug-likeness (QED) is 0.180. The van der Waals surface area contributed by atoms with Crippen molar-refractivity contribution < 1.29 is 8.83 Å². The molecule has 0 saturated carbocycles. The molecule has 0 fully saturated rings. The second-order valence-corrected chi connectivity index (χ2v) is 14.9. The van der Waals surface area contributed by atoms with E-state index < -0.39 is 0 Å². The summed E-state index contributed by atoms with van der Waals surface area (Å²) in [7, 11) is 0. The van der Waals surface area contributed by atoms with Crippen LogP contribution in [0.25, 0.3) is 77.3 Å². The minimum atomic E-state index is -0.145. The van der Waals surface area contributed by atoms with Crippen molar-refractivity contribution in [1.29, 1.82) is 0 Å². The fourth-order valence-corrected chi connectivity index (χ4v) is 8.84. The van der Waals surface area contributed by atoms with Gasteiger partial charge in [0.2, 0.25) is 0 Å². The van der Waals surface area contributed by atoms with Crippen LogP contribution in [-0.4, -0.2) is 0 Å². The topological polar surface area (TPSA) is 29.5 Å². The second kappa shape index (κ2) is 11.6. The van der Waals surface area contributed by atoms with E-state index in [1.807, 2.05) is 6.07 Å². The van der Waals surface area contributed by atoms with E-state index >= 15 is 0 Å². The lowest BCUT2D eigenvalue weighted by Gasteiger charge is -2.30. The molecule has 0 bridgehead atoms. The van der Waals surface area contributed by atoms with Crippen LogP contribution in [0, 0.1) is 0 Å². The van der Waals surface area contributed by atoms with Crippen molar-refractivity contribution in [2.45, 2.75) is 19.3 Å². The van der Waals surface area contributed by atoms with Crippen LogP contribution in [-0.2, 0) is 5.41 Å². The maximum absolute atomic E-state index is 6.73. The summed E-state index contributed by atoms with van der Waals surface area (Å²) in [6.07, 6.45) is 0. The molecule has 0 unspecified atom stereocenters. The molecule has 0 atom stereocenters. The van der Waals surface area contributed by atoms with Crippen molar-refractivity contribution in [3.8, 4) is 33.4 Å². The molecule has 54 heavy (non-hydrogen) atoms. The average molecular weight is 694 g/mol. The third-order valence-corrected chi connectivity index (χ3v) is 11.5. The fraction of sp³-hybridized carbons (Fsp3) is 0.0588. The molecular weight excluding hydrogens is 659 g/mol. The van der Waals surface area contributed by atoms with Gasteiger partial charge in [-0.1, -0.05) is 135 Å². The molecule has 10 aromatic rings. The number of fused-ring (bicyclic) bond motifs is 9. The summed E-state index contributed by atoms with van der Waals surface area (Å²) in [5.74, 6) is 0. The Morgan fingerprint density at radius 2 is 1.02 bits per heavy atom. The van der Waals surface area contributed by atoms with Gasteiger partial charge in [0.05, 0.1) is 16.8 Å². The standard InChI is InChI=1S/C51H35NO2/c1-51(2)42-20-11-9-19-37(42)38-27-25-35(29-43(38)51)52(44-21-12-10-18-36(44)33-16-7-4-8-17-33)45-22-13-23-46-50(45)41-31-48-40(30-49(41)53-46)39-26-24-34(28-47(39)54-48)32-14-5-3-6-15-32/h3-31H,1-2H3. The van der Waals surface area contributed by atoms with Gasteiger partial charge in [-0.3, -0.25) is 0 Å². The maximum atomic E-state index is 6.73. The third-order valence-electron chi connectivity index (χ3n) is 11.5. The first-order chi connectivity index (χ1) is 26.5. The van der Waals surface area contributed by atoms with E-state index in [1.165, 1.54) is 27.8 Å². The molecule has 0 amide bonds. The van der Waals surface area contributed by atoms with Gasteiger partial charge in [0.25, 0.3) is 0 Å².